The highest BCUT2D eigenvalue weighted by molar-refractivity contribution is 9.10. The minimum Gasteiger partial charge on any atom is -0.496 e. The third kappa shape index (κ3) is 5.93. The van der Waals surface area contributed by atoms with Crippen molar-refractivity contribution in [2.24, 2.45) is 0 Å². The average molecular weight is 374 g/mol. The molecule has 0 aliphatic heterocycles. The van der Waals surface area contributed by atoms with Crippen LogP contribution in [0.15, 0.2) is 22.7 Å². The number of aliphatic carboxylic acids is 1. The standard InChI is InChI=1S/C15H20BrNO5/c1-15(2,3)22-14(20)17-11(13(18)19)8-9-7-10(16)5-6-12(9)21-4/h5-7,11H,8H2,1-4H3,(H,17,20)(H,18,19)/t11-/m1/s1. The number of carboxylic acids is 1. The van der Waals surface area contributed by atoms with E-state index in [1.165, 1.54) is 7.11 Å². The summed E-state index contributed by atoms with van der Waals surface area (Å²) in [4.78, 5) is 23.1. The van der Waals surface area contributed by atoms with Gasteiger partial charge in [0, 0.05) is 10.9 Å². The van der Waals surface area contributed by atoms with E-state index in [9.17, 15) is 14.7 Å². The summed E-state index contributed by atoms with van der Waals surface area (Å²) in [5.74, 6) is -0.590. The summed E-state index contributed by atoms with van der Waals surface area (Å²) in [5.41, 5.74) is -0.0269. The monoisotopic (exact) mass is 373 g/mol. The van der Waals surface area contributed by atoms with Crippen LogP contribution in [0.1, 0.15) is 26.3 Å². The van der Waals surface area contributed by atoms with Crippen molar-refractivity contribution < 1.29 is 24.2 Å². The van der Waals surface area contributed by atoms with Crippen molar-refractivity contribution >= 4 is 28.0 Å². The molecule has 22 heavy (non-hydrogen) atoms. The predicted octanol–water partition coefficient (Wildman–Crippen LogP) is 2.98. The predicted molar refractivity (Wildman–Crippen MR) is 85.2 cm³/mol. The molecule has 0 fully saturated rings. The molecular formula is C15H20BrNO5. The quantitative estimate of drug-likeness (QED) is 0.828. The van der Waals surface area contributed by atoms with Gasteiger partial charge in [0.15, 0.2) is 0 Å². The molecule has 0 spiro atoms. The van der Waals surface area contributed by atoms with E-state index in [1.54, 1.807) is 39.0 Å². The molecule has 1 aromatic rings. The van der Waals surface area contributed by atoms with Gasteiger partial charge in [-0.3, -0.25) is 0 Å². The third-order valence-electron chi connectivity index (χ3n) is 2.66. The zero-order valence-corrected chi connectivity index (χ0v) is 14.6. The Morgan fingerprint density at radius 2 is 2.00 bits per heavy atom. The van der Waals surface area contributed by atoms with E-state index >= 15 is 0 Å². The molecule has 0 aliphatic rings. The van der Waals surface area contributed by atoms with Crippen LogP contribution >= 0.6 is 15.9 Å². The van der Waals surface area contributed by atoms with Gasteiger partial charge in [0.25, 0.3) is 0 Å². The molecule has 1 aromatic carbocycles. The lowest BCUT2D eigenvalue weighted by Gasteiger charge is -2.22. The maximum Gasteiger partial charge on any atom is 0.408 e. The van der Waals surface area contributed by atoms with Crippen LogP contribution in [-0.2, 0) is 16.0 Å². The number of hydrogen-bond donors (Lipinski definition) is 2. The molecule has 0 unspecified atom stereocenters. The molecule has 0 aromatic heterocycles. The van der Waals surface area contributed by atoms with E-state index in [-0.39, 0.29) is 6.42 Å². The lowest BCUT2D eigenvalue weighted by atomic mass is 10.1. The molecule has 6 nitrogen and oxygen atoms in total. The van der Waals surface area contributed by atoms with Crippen molar-refractivity contribution in [3.05, 3.63) is 28.2 Å². The smallest absolute Gasteiger partial charge is 0.408 e. The number of halogens is 1. The summed E-state index contributed by atoms with van der Waals surface area (Å²) in [6.45, 7) is 5.12. The zero-order chi connectivity index (χ0) is 16.9. The molecular weight excluding hydrogens is 354 g/mol. The molecule has 0 saturated carbocycles. The molecule has 1 amide bonds. The number of hydrogen-bond acceptors (Lipinski definition) is 4. The number of methoxy groups -OCH3 is 1. The number of carbonyl (C=O) groups excluding carboxylic acids is 1. The third-order valence-corrected chi connectivity index (χ3v) is 3.15. The summed E-state index contributed by atoms with van der Waals surface area (Å²) in [5, 5.41) is 11.7. The second kappa shape index (κ2) is 7.49. The molecule has 1 atom stereocenters. The molecule has 2 N–H and O–H groups in total. The van der Waals surface area contributed by atoms with Gasteiger partial charge in [0.05, 0.1) is 7.11 Å². The fourth-order valence-electron chi connectivity index (χ4n) is 1.78. The summed E-state index contributed by atoms with van der Waals surface area (Å²) < 4.78 is 11.1. The van der Waals surface area contributed by atoms with Crippen LogP contribution in [0.3, 0.4) is 0 Å². The summed E-state index contributed by atoms with van der Waals surface area (Å²) >= 11 is 3.33. The van der Waals surface area contributed by atoms with Crippen LogP contribution < -0.4 is 10.1 Å². The first-order valence-electron chi connectivity index (χ1n) is 6.67. The number of benzene rings is 1. The van der Waals surface area contributed by atoms with Crippen LogP contribution in [-0.4, -0.2) is 35.9 Å². The molecule has 0 heterocycles. The fraction of sp³-hybridized carbons (Fsp3) is 0.467. The average Bonchev–Trinajstić information content (AvgIpc) is 2.35. The Morgan fingerprint density at radius 3 is 2.50 bits per heavy atom. The Labute approximate surface area is 137 Å². The van der Waals surface area contributed by atoms with Crippen LogP contribution in [0.2, 0.25) is 0 Å². The highest BCUT2D eigenvalue weighted by Gasteiger charge is 2.25. The molecule has 0 radical (unpaired) electrons. The van der Waals surface area contributed by atoms with E-state index in [4.69, 9.17) is 9.47 Å². The largest absolute Gasteiger partial charge is 0.496 e. The Kier molecular flexibility index (Phi) is 6.22. The molecule has 0 bridgehead atoms. The Bertz CT molecular complexity index is 553. The number of amides is 1. The minimum absolute atomic E-state index is 0.0805. The number of carbonyl (C=O) groups is 2. The van der Waals surface area contributed by atoms with Gasteiger partial charge in [0.1, 0.15) is 17.4 Å². The Morgan fingerprint density at radius 1 is 1.36 bits per heavy atom. The topological polar surface area (TPSA) is 84.9 Å². The van der Waals surface area contributed by atoms with E-state index in [2.05, 4.69) is 21.2 Å². The molecule has 0 saturated heterocycles. The summed E-state index contributed by atoms with van der Waals surface area (Å²) in [6, 6.07) is 4.16. The number of nitrogens with one attached hydrogen (secondary N) is 1. The first-order valence-corrected chi connectivity index (χ1v) is 7.46. The number of rotatable bonds is 5. The second-order valence-corrected chi connectivity index (χ2v) is 6.61. The Balaban J connectivity index is 2.87. The minimum atomic E-state index is -1.15. The SMILES string of the molecule is COc1ccc(Br)cc1C[C@@H](NC(=O)OC(C)(C)C)C(=O)O. The molecule has 122 valence electrons. The van der Waals surface area contributed by atoms with Crippen molar-refractivity contribution in [3.8, 4) is 5.75 Å². The first kappa shape index (κ1) is 18.3. The summed E-state index contributed by atoms with van der Waals surface area (Å²) in [6.07, 6.45) is -0.689. The highest BCUT2D eigenvalue weighted by atomic mass is 79.9. The van der Waals surface area contributed by atoms with E-state index in [0.29, 0.717) is 11.3 Å². The van der Waals surface area contributed by atoms with Gasteiger partial charge >= 0.3 is 12.1 Å². The Hall–Kier alpha value is -1.76. The van der Waals surface area contributed by atoms with Gasteiger partial charge in [-0.25, -0.2) is 9.59 Å². The van der Waals surface area contributed by atoms with E-state index in [1.807, 2.05) is 0 Å². The van der Waals surface area contributed by atoms with Crippen molar-refractivity contribution in [1.82, 2.24) is 5.32 Å². The molecule has 0 aliphatic carbocycles. The normalized spacial score (nSPS) is 12.4. The molecule has 7 heteroatoms. The van der Waals surface area contributed by atoms with Gasteiger partial charge in [0.2, 0.25) is 0 Å². The van der Waals surface area contributed by atoms with Gasteiger partial charge in [-0.1, -0.05) is 15.9 Å². The highest BCUT2D eigenvalue weighted by Crippen LogP contribution is 2.24. The van der Waals surface area contributed by atoms with Crippen LogP contribution in [0.25, 0.3) is 0 Å². The van der Waals surface area contributed by atoms with Gasteiger partial charge in [-0.15, -0.1) is 0 Å². The van der Waals surface area contributed by atoms with Crippen LogP contribution in [0.4, 0.5) is 4.79 Å². The maximum absolute atomic E-state index is 11.7. The number of carboxylic acid groups (broad SMARTS) is 1. The second-order valence-electron chi connectivity index (χ2n) is 5.70. The maximum atomic E-state index is 11.7. The van der Waals surface area contributed by atoms with E-state index < -0.39 is 23.7 Å². The lowest BCUT2D eigenvalue weighted by Crippen LogP contribution is -2.44. The number of ether oxygens (including phenoxy) is 2. The van der Waals surface area contributed by atoms with Crippen molar-refractivity contribution in [3.63, 3.8) is 0 Å². The van der Waals surface area contributed by atoms with E-state index in [0.717, 1.165) is 4.47 Å². The van der Waals surface area contributed by atoms with Crippen LogP contribution in [0, 0.1) is 0 Å². The van der Waals surface area contributed by atoms with Gasteiger partial charge in [-0.05, 0) is 44.5 Å². The zero-order valence-electron chi connectivity index (χ0n) is 13.0. The van der Waals surface area contributed by atoms with Gasteiger partial charge in [-0.2, -0.15) is 0 Å². The van der Waals surface area contributed by atoms with Crippen molar-refractivity contribution in [2.75, 3.05) is 7.11 Å². The molecule has 1 rings (SSSR count). The van der Waals surface area contributed by atoms with Crippen molar-refractivity contribution in [1.29, 1.82) is 0 Å². The van der Waals surface area contributed by atoms with Crippen molar-refractivity contribution in [2.45, 2.75) is 38.8 Å². The lowest BCUT2D eigenvalue weighted by molar-refractivity contribution is -0.139. The first-order chi connectivity index (χ1) is 10.1. The summed E-state index contributed by atoms with van der Waals surface area (Å²) in [7, 11) is 1.50. The van der Waals surface area contributed by atoms with Crippen LogP contribution in [0.5, 0.6) is 5.75 Å². The van der Waals surface area contributed by atoms with Gasteiger partial charge < -0.3 is 19.9 Å². The fourth-order valence-corrected chi connectivity index (χ4v) is 2.18. The number of alkyl carbamates (subject to hydrolysis) is 1.